The summed E-state index contributed by atoms with van der Waals surface area (Å²) in [4.78, 5) is 15.2. The zero-order chi connectivity index (χ0) is 22.7. The van der Waals surface area contributed by atoms with Gasteiger partial charge < -0.3 is 15.5 Å². The highest BCUT2D eigenvalue weighted by Crippen LogP contribution is 2.38. The van der Waals surface area contributed by atoms with Crippen molar-refractivity contribution in [1.29, 1.82) is 0 Å². The van der Waals surface area contributed by atoms with Crippen LogP contribution in [0.2, 0.25) is 0 Å². The summed E-state index contributed by atoms with van der Waals surface area (Å²) in [5.74, 6) is -0.577. The van der Waals surface area contributed by atoms with Crippen LogP contribution in [0.15, 0.2) is 78.9 Å². The third kappa shape index (κ3) is 4.66. The monoisotopic (exact) mass is 434 g/mol. The van der Waals surface area contributed by atoms with Gasteiger partial charge in [0.1, 0.15) is 11.6 Å². The van der Waals surface area contributed by atoms with Crippen LogP contribution in [0, 0.1) is 5.82 Å². The quantitative estimate of drug-likeness (QED) is 0.567. The molecule has 1 heterocycles. The van der Waals surface area contributed by atoms with E-state index in [4.69, 9.17) is 0 Å². The van der Waals surface area contributed by atoms with Crippen LogP contribution in [0.5, 0.6) is 5.75 Å². The number of halogens is 1. The summed E-state index contributed by atoms with van der Waals surface area (Å²) >= 11 is 0. The van der Waals surface area contributed by atoms with Crippen LogP contribution >= 0.6 is 0 Å². The molecule has 0 aliphatic carbocycles. The fraction of sp³-hybridized carbons (Fsp3) is 0.269. The van der Waals surface area contributed by atoms with E-state index >= 15 is 0 Å². The lowest BCUT2D eigenvalue weighted by atomic mass is 9.79. The Balaban J connectivity index is 1.69. The van der Waals surface area contributed by atoms with E-state index in [-0.39, 0.29) is 17.7 Å². The molecule has 5 nitrogen and oxygen atoms in total. The number of carbonyl (C=O) groups is 1. The molecule has 1 saturated heterocycles. The molecule has 0 bridgehead atoms. The van der Waals surface area contributed by atoms with E-state index in [0.29, 0.717) is 25.1 Å². The van der Waals surface area contributed by atoms with Gasteiger partial charge >= 0.3 is 0 Å². The molecule has 0 spiro atoms. The van der Waals surface area contributed by atoms with Crippen molar-refractivity contribution in [1.82, 2.24) is 10.2 Å². The molecule has 0 radical (unpaired) electrons. The molecule has 1 amide bonds. The van der Waals surface area contributed by atoms with Gasteiger partial charge in [-0.1, -0.05) is 48.5 Å². The predicted molar refractivity (Wildman–Crippen MR) is 121 cm³/mol. The first kappa shape index (κ1) is 22.0. The average Bonchev–Trinajstić information content (AvgIpc) is 2.78. The van der Waals surface area contributed by atoms with E-state index in [1.807, 2.05) is 42.5 Å². The number of aromatic hydroxyl groups is 1. The number of aliphatic hydroxyl groups is 1. The molecule has 3 N–H and O–H groups in total. The first-order valence-electron chi connectivity index (χ1n) is 10.7. The smallest absolute Gasteiger partial charge is 0.251 e. The lowest BCUT2D eigenvalue weighted by Gasteiger charge is -2.49. The van der Waals surface area contributed by atoms with Crippen molar-refractivity contribution in [3.8, 4) is 5.75 Å². The van der Waals surface area contributed by atoms with Crippen LogP contribution in [0.25, 0.3) is 0 Å². The molecule has 32 heavy (non-hydrogen) atoms. The van der Waals surface area contributed by atoms with Crippen LogP contribution in [0.1, 0.15) is 40.9 Å². The summed E-state index contributed by atoms with van der Waals surface area (Å²) in [6, 6.07) is 21.3. The van der Waals surface area contributed by atoms with Gasteiger partial charge in [0, 0.05) is 24.2 Å². The fourth-order valence-electron chi connectivity index (χ4n) is 4.37. The van der Waals surface area contributed by atoms with Crippen molar-refractivity contribution in [2.24, 2.45) is 0 Å². The number of phenolic OH excluding ortho intramolecular Hbond substituents is 1. The highest BCUT2D eigenvalue weighted by atomic mass is 19.1. The number of piperidine rings is 1. The molecule has 0 aromatic heterocycles. The summed E-state index contributed by atoms with van der Waals surface area (Å²) in [5.41, 5.74) is 0.892. The molecule has 3 aromatic carbocycles. The molecule has 4 rings (SSSR count). The normalized spacial score (nSPS) is 23.6. The van der Waals surface area contributed by atoms with Crippen molar-refractivity contribution in [3.63, 3.8) is 0 Å². The SMILES string of the molecule is C[C@@]1(O)CCN(Cc2ccccc2O)[C@@H](c2ccccc2)[C@@H]1NC(=O)c1ccc(F)cc1. The predicted octanol–water partition coefficient (Wildman–Crippen LogP) is 4.03. The molecule has 1 fully saturated rings. The highest BCUT2D eigenvalue weighted by Gasteiger charge is 2.46. The molecular weight excluding hydrogens is 407 g/mol. The van der Waals surface area contributed by atoms with E-state index in [0.717, 1.165) is 11.1 Å². The van der Waals surface area contributed by atoms with Crippen molar-refractivity contribution >= 4 is 5.91 Å². The number of amides is 1. The Morgan fingerprint density at radius 1 is 1.06 bits per heavy atom. The number of para-hydroxylation sites is 1. The Morgan fingerprint density at radius 2 is 1.72 bits per heavy atom. The van der Waals surface area contributed by atoms with E-state index in [1.165, 1.54) is 24.3 Å². The molecule has 6 heteroatoms. The van der Waals surface area contributed by atoms with E-state index in [2.05, 4.69) is 10.2 Å². The zero-order valence-electron chi connectivity index (χ0n) is 17.9. The number of carbonyl (C=O) groups excluding carboxylic acids is 1. The molecule has 1 aliphatic heterocycles. The minimum Gasteiger partial charge on any atom is -0.508 e. The van der Waals surface area contributed by atoms with Gasteiger partial charge in [-0.15, -0.1) is 0 Å². The lowest BCUT2D eigenvalue weighted by Crippen LogP contribution is -2.62. The molecule has 1 aliphatic rings. The second-order valence-corrected chi connectivity index (χ2v) is 8.52. The molecular formula is C26H27FN2O3. The number of benzene rings is 3. The molecule has 3 atom stereocenters. The highest BCUT2D eigenvalue weighted by molar-refractivity contribution is 5.94. The first-order chi connectivity index (χ1) is 15.3. The maximum absolute atomic E-state index is 13.3. The largest absolute Gasteiger partial charge is 0.508 e. The molecule has 0 saturated carbocycles. The second-order valence-electron chi connectivity index (χ2n) is 8.52. The summed E-state index contributed by atoms with van der Waals surface area (Å²) in [7, 11) is 0. The Morgan fingerprint density at radius 3 is 2.41 bits per heavy atom. The Kier molecular flexibility index (Phi) is 6.26. The Labute approximate surface area is 187 Å². The third-order valence-corrected chi connectivity index (χ3v) is 6.18. The maximum atomic E-state index is 13.3. The molecule has 166 valence electrons. The van der Waals surface area contributed by atoms with Crippen LogP contribution < -0.4 is 5.32 Å². The Hall–Kier alpha value is -3.22. The number of rotatable bonds is 5. The Bertz CT molecular complexity index is 1070. The van der Waals surface area contributed by atoms with E-state index in [1.54, 1.807) is 19.1 Å². The van der Waals surface area contributed by atoms with E-state index in [9.17, 15) is 19.4 Å². The minimum atomic E-state index is -1.16. The summed E-state index contributed by atoms with van der Waals surface area (Å²) in [5, 5.41) is 24.6. The van der Waals surface area contributed by atoms with Gasteiger partial charge in [-0.3, -0.25) is 9.69 Å². The number of nitrogens with zero attached hydrogens (tertiary/aromatic N) is 1. The van der Waals surface area contributed by atoms with Gasteiger partial charge in [0.15, 0.2) is 0 Å². The summed E-state index contributed by atoms with van der Waals surface area (Å²) < 4.78 is 13.3. The van der Waals surface area contributed by atoms with Gasteiger partial charge in [-0.2, -0.15) is 0 Å². The third-order valence-electron chi connectivity index (χ3n) is 6.18. The lowest BCUT2D eigenvalue weighted by molar-refractivity contribution is -0.0666. The van der Waals surface area contributed by atoms with Gasteiger partial charge in [-0.25, -0.2) is 4.39 Å². The van der Waals surface area contributed by atoms with Crippen molar-refractivity contribution < 1.29 is 19.4 Å². The van der Waals surface area contributed by atoms with Gasteiger partial charge in [-0.05, 0) is 49.2 Å². The van der Waals surface area contributed by atoms with Crippen LogP contribution in [-0.4, -0.2) is 39.2 Å². The van der Waals surface area contributed by atoms with Crippen LogP contribution in [0.4, 0.5) is 4.39 Å². The standard InChI is InChI=1S/C26H27FN2O3/c1-26(32)15-16-29(17-20-9-5-6-10-22(20)30)23(18-7-3-2-4-8-18)24(26)28-25(31)19-11-13-21(27)14-12-19/h2-14,23-24,30,32H,15-17H2,1H3,(H,28,31)/t23-,24-,26+/m0/s1. The van der Waals surface area contributed by atoms with Crippen molar-refractivity contribution in [2.45, 2.75) is 37.6 Å². The van der Waals surface area contributed by atoms with Gasteiger partial charge in [0.2, 0.25) is 0 Å². The van der Waals surface area contributed by atoms with Gasteiger partial charge in [0.25, 0.3) is 5.91 Å². The van der Waals surface area contributed by atoms with Crippen molar-refractivity contribution in [2.75, 3.05) is 6.54 Å². The molecule has 3 aromatic rings. The summed E-state index contributed by atoms with van der Waals surface area (Å²) in [6.07, 6.45) is 0.443. The van der Waals surface area contributed by atoms with Crippen LogP contribution in [0.3, 0.4) is 0 Å². The molecule has 0 unspecified atom stereocenters. The van der Waals surface area contributed by atoms with Crippen LogP contribution in [-0.2, 0) is 6.54 Å². The topological polar surface area (TPSA) is 72.8 Å². The minimum absolute atomic E-state index is 0.212. The first-order valence-corrected chi connectivity index (χ1v) is 10.7. The number of likely N-dealkylation sites (tertiary alicyclic amines) is 1. The maximum Gasteiger partial charge on any atom is 0.251 e. The van der Waals surface area contributed by atoms with Crippen molar-refractivity contribution in [3.05, 3.63) is 101 Å². The van der Waals surface area contributed by atoms with E-state index < -0.39 is 17.5 Å². The summed E-state index contributed by atoms with van der Waals surface area (Å²) in [6.45, 7) is 2.78. The number of hydrogen-bond donors (Lipinski definition) is 3. The second kappa shape index (κ2) is 9.10. The number of nitrogens with one attached hydrogen (secondary N) is 1. The number of hydrogen-bond acceptors (Lipinski definition) is 4. The average molecular weight is 435 g/mol. The number of phenols is 1. The van der Waals surface area contributed by atoms with Gasteiger partial charge in [0.05, 0.1) is 17.7 Å². The zero-order valence-corrected chi connectivity index (χ0v) is 17.9. The fourth-order valence-corrected chi connectivity index (χ4v) is 4.37.